The third-order valence-electron chi connectivity index (χ3n) is 4.66. The molecule has 126 valence electrons. The summed E-state index contributed by atoms with van der Waals surface area (Å²) in [6.45, 7) is 2.52. The van der Waals surface area contributed by atoms with Crippen molar-refractivity contribution in [3.63, 3.8) is 0 Å². The first-order valence-electron chi connectivity index (χ1n) is 8.69. The van der Waals surface area contributed by atoms with Gasteiger partial charge in [-0.25, -0.2) is 4.98 Å². The van der Waals surface area contributed by atoms with Crippen molar-refractivity contribution in [3.8, 4) is 0 Å². The van der Waals surface area contributed by atoms with Gasteiger partial charge in [0, 0.05) is 31.6 Å². The molecule has 0 amide bonds. The fourth-order valence-corrected chi connectivity index (χ4v) is 3.39. The SMILES string of the molecule is O=c1[nH]c(Cc2ccccc2)nc2c1CCN(Cc1ccccc1)C2. The summed E-state index contributed by atoms with van der Waals surface area (Å²) < 4.78 is 0. The Kier molecular flexibility index (Phi) is 4.44. The van der Waals surface area contributed by atoms with Crippen molar-refractivity contribution in [1.82, 2.24) is 14.9 Å². The molecular weight excluding hydrogens is 310 g/mol. The molecule has 0 bridgehead atoms. The molecule has 0 fully saturated rings. The van der Waals surface area contributed by atoms with E-state index in [-0.39, 0.29) is 5.56 Å². The van der Waals surface area contributed by atoms with E-state index in [4.69, 9.17) is 4.98 Å². The van der Waals surface area contributed by atoms with Crippen molar-refractivity contribution < 1.29 is 0 Å². The highest BCUT2D eigenvalue weighted by Crippen LogP contribution is 2.17. The fourth-order valence-electron chi connectivity index (χ4n) is 3.39. The van der Waals surface area contributed by atoms with Gasteiger partial charge in [0.15, 0.2) is 0 Å². The monoisotopic (exact) mass is 331 g/mol. The Morgan fingerprint density at radius 3 is 2.36 bits per heavy atom. The van der Waals surface area contributed by atoms with E-state index < -0.39 is 0 Å². The van der Waals surface area contributed by atoms with E-state index >= 15 is 0 Å². The van der Waals surface area contributed by atoms with Crippen molar-refractivity contribution in [2.45, 2.75) is 25.9 Å². The molecule has 0 atom stereocenters. The number of aromatic nitrogens is 2. The highest BCUT2D eigenvalue weighted by molar-refractivity contribution is 5.25. The molecule has 1 aromatic heterocycles. The molecule has 4 rings (SSSR count). The first kappa shape index (κ1) is 15.8. The molecule has 1 N–H and O–H groups in total. The van der Waals surface area contributed by atoms with Gasteiger partial charge in [0.2, 0.25) is 0 Å². The van der Waals surface area contributed by atoms with Crippen LogP contribution < -0.4 is 5.56 Å². The molecule has 1 aliphatic rings. The Morgan fingerprint density at radius 2 is 1.64 bits per heavy atom. The molecule has 0 saturated heterocycles. The third kappa shape index (κ3) is 3.69. The average molecular weight is 331 g/mol. The molecule has 0 spiro atoms. The highest BCUT2D eigenvalue weighted by atomic mass is 16.1. The maximum Gasteiger partial charge on any atom is 0.254 e. The largest absolute Gasteiger partial charge is 0.310 e. The molecule has 0 saturated carbocycles. The lowest BCUT2D eigenvalue weighted by atomic mass is 10.0. The van der Waals surface area contributed by atoms with Crippen molar-refractivity contribution >= 4 is 0 Å². The maximum absolute atomic E-state index is 12.4. The summed E-state index contributed by atoms with van der Waals surface area (Å²) in [6.07, 6.45) is 1.41. The Labute approximate surface area is 147 Å². The molecule has 0 radical (unpaired) electrons. The normalized spacial score (nSPS) is 14.2. The van der Waals surface area contributed by atoms with E-state index in [9.17, 15) is 4.79 Å². The molecular formula is C21H21N3O. The van der Waals surface area contributed by atoms with Crippen LogP contribution in [0.2, 0.25) is 0 Å². The minimum absolute atomic E-state index is 0.0234. The van der Waals surface area contributed by atoms with Gasteiger partial charge in [-0.05, 0) is 17.5 Å². The Morgan fingerprint density at radius 1 is 0.960 bits per heavy atom. The number of hydrogen-bond acceptors (Lipinski definition) is 3. The minimum atomic E-state index is 0.0234. The van der Waals surface area contributed by atoms with Crippen LogP contribution >= 0.6 is 0 Å². The van der Waals surface area contributed by atoms with Crippen LogP contribution in [0, 0.1) is 0 Å². The van der Waals surface area contributed by atoms with Gasteiger partial charge in [-0.15, -0.1) is 0 Å². The van der Waals surface area contributed by atoms with Crippen molar-refractivity contribution in [1.29, 1.82) is 0 Å². The van der Waals surface area contributed by atoms with Gasteiger partial charge in [-0.1, -0.05) is 60.7 Å². The van der Waals surface area contributed by atoms with E-state index in [2.05, 4.69) is 46.3 Å². The first-order chi connectivity index (χ1) is 12.3. The van der Waals surface area contributed by atoms with Crippen molar-refractivity contribution in [3.05, 3.63) is 99.2 Å². The third-order valence-corrected chi connectivity index (χ3v) is 4.66. The average Bonchev–Trinajstić information content (AvgIpc) is 2.63. The van der Waals surface area contributed by atoms with Crippen LogP contribution in [0.25, 0.3) is 0 Å². The minimum Gasteiger partial charge on any atom is -0.310 e. The number of H-pyrrole nitrogens is 1. The number of nitrogens with zero attached hydrogens (tertiary/aromatic N) is 2. The number of benzene rings is 2. The van der Waals surface area contributed by atoms with E-state index in [1.807, 2.05) is 24.3 Å². The summed E-state index contributed by atoms with van der Waals surface area (Å²) in [7, 11) is 0. The zero-order chi connectivity index (χ0) is 17.1. The lowest BCUT2D eigenvalue weighted by Crippen LogP contribution is -2.35. The van der Waals surface area contributed by atoms with Gasteiger partial charge in [-0.2, -0.15) is 0 Å². The number of hydrogen-bond donors (Lipinski definition) is 1. The number of fused-ring (bicyclic) bond motifs is 1. The van der Waals surface area contributed by atoms with E-state index in [0.29, 0.717) is 6.42 Å². The summed E-state index contributed by atoms with van der Waals surface area (Å²) in [5.74, 6) is 0.747. The van der Waals surface area contributed by atoms with Crippen LogP contribution in [0.3, 0.4) is 0 Å². The van der Waals surface area contributed by atoms with Gasteiger partial charge in [0.25, 0.3) is 5.56 Å². The number of nitrogens with one attached hydrogen (secondary N) is 1. The fraction of sp³-hybridized carbons (Fsp3) is 0.238. The molecule has 0 unspecified atom stereocenters. The van der Waals surface area contributed by atoms with Crippen LogP contribution in [0.15, 0.2) is 65.5 Å². The molecule has 0 aliphatic carbocycles. The molecule has 4 heteroatoms. The lowest BCUT2D eigenvalue weighted by Gasteiger charge is -2.27. The molecule has 2 heterocycles. The quantitative estimate of drug-likeness (QED) is 0.800. The van der Waals surface area contributed by atoms with E-state index in [1.165, 1.54) is 5.56 Å². The van der Waals surface area contributed by atoms with Gasteiger partial charge >= 0.3 is 0 Å². The van der Waals surface area contributed by atoms with Gasteiger partial charge < -0.3 is 4.98 Å². The van der Waals surface area contributed by atoms with Crippen LogP contribution in [-0.4, -0.2) is 21.4 Å². The summed E-state index contributed by atoms with van der Waals surface area (Å²) in [5, 5.41) is 0. The number of rotatable bonds is 4. The maximum atomic E-state index is 12.4. The smallest absolute Gasteiger partial charge is 0.254 e. The Hall–Kier alpha value is -2.72. The standard InChI is InChI=1S/C21H21N3O/c25-21-18-11-12-24(14-17-9-5-2-6-10-17)15-19(18)22-20(23-21)13-16-7-3-1-4-8-16/h1-10H,11-15H2,(H,22,23,25). The summed E-state index contributed by atoms with van der Waals surface area (Å²) >= 11 is 0. The Balaban J connectivity index is 1.55. The summed E-state index contributed by atoms with van der Waals surface area (Å²) in [5.41, 5.74) is 4.25. The van der Waals surface area contributed by atoms with Crippen LogP contribution in [-0.2, 0) is 25.9 Å². The molecule has 3 aromatic rings. The van der Waals surface area contributed by atoms with E-state index in [0.717, 1.165) is 48.7 Å². The highest BCUT2D eigenvalue weighted by Gasteiger charge is 2.21. The van der Waals surface area contributed by atoms with E-state index in [1.54, 1.807) is 0 Å². The predicted octanol–water partition coefficient (Wildman–Crippen LogP) is 2.92. The second-order valence-electron chi connectivity index (χ2n) is 6.55. The number of aromatic amines is 1. The van der Waals surface area contributed by atoms with Crippen LogP contribution in [0.5, 0.6) is 0 Å². The van der Waals surface area contributed by atoms with Crippen molar-refractivity contribution in [2.75, 3.05) is 6.54 Å². The van der Waals surface area contributed by atoms with Crippen molar-refractivity contribution in [2.24, 2.45) is 0 Å². The summed E-state index contributed by atoms with van der Waals surface area (Å²) in [6, 6.07) is 20.6. The molecule has 2 aromatic carbocycles. The topological polar surface area (TPSA) is 49.0 Å². The zero-order valence-electron chi connectivity index (χ0n) is 14.1. The Bertz CT molecular complexity index is 903. The van der Waals surface area contributed by atoms with Gasteiger partial charge in [-0.3, -0.25) is 9.69 Å². The first-order valence-corrected chi connectivity index (χ1v) is 8.69. The van der Waals surface area contributed by atoms with Crippen LogP contribution in [0.4, 0.5) is 0 Å². The lowest BCUT2D eigenvalue weighted by molar-refractivity contribution is 0.240. The van der Waals surface area contributed by atoms with Gasteiger partial charge in [0.1, 0.15) is 5.82 Å². The zero-order valence-corrected chi connectivity index (χ0v) is 14.1. The predicted molar refractivity (Wildman–Crippen MR) is 98.4 cm³/mol. The second-order valence-corrected chi connectivity index (χ2v) is 6.55. The molecule has 4 nitrogen and oxygen atoms in total. The second kappa shape index (κ2) is 7.03. The molecule has 1 aliphatic heterocycles. The molecule has 25 heavy (non-hydrogen) atoms. The summed E-state index contributed by atoms with van der Waals surface area (Å²) in [4.78, 5) is 22.5. The van der Waals surface area contributed by atoms with Gasteiger partial charge in [0.05, 0.1) is 5.69 Å². The van der Waals surface area contributed by atoms with Crippen LogP contribution in [0.1, 0.15) is 28.2 Å².